The highest BCUT2D eigenvalue weighted by molar-refractivity contribution is 7.92. The van der Waals surface area contributed by atoms with Crippen molar-refractivity contribution in [1.82, 2.24) is 14.7 Å². The van der Waals surface area contributed by atoms with Crippen LogP contribution in [0.5, 0.6) is 0 Å². The average molecular weight is 678 g/mol. The molecule has 1 aliphatic rings. The first-order chi connectivity index (χ1) is 21.9. The lowest BCUT2D eigenvalue weighted by Crippen LogP contribution is -2.38. The van der Waals surface area contributed by atoms with E-state index in [2.05, 4.69) is 18.9 Å². The van der Waals surface area contributed by atoms with Gasteiger partial charge in [-0.2, -0.15) is 5.10 Å². The summed E-state index contributed by atoms with van der Waals surface area (Å²) in [7, 11) is -4.21. The van der Waals surface area contributed by atoms with Crippen molar-refractivity contribution in [2.75, 3.05) is 10.8 Å². The molecule has 0 unspecified atom stereocenters. The Morgan fingerprint density at radius 1 is 0.935 bits per heavy atom. The van der Waals surface area contributed by atoms with Gasteiger partial charge in [0.2, 0.25) is 0 Å². The zero-order valence-corrected chi connectivity index (χ0v) is 27.5. The minimum absolute atomic E-state index is 0.0277. The zero-order valence-electron chi connectivity index (χ0n) is 25.2. The summed E-state index contributed by atoms with van der Waals surface area (Å²) in [5, 5.41) is 4.97. The fraction of sp³-hybridized carbons (Fsp3) is 0.200. The first kappa shape index (κ1) is 31.8. The van der Waals surface area contributed by atoms with E-state index in [9.17, 15) is 17.6 Å². The van der Waals surface area contributed by atoms with Gasteiger partial charge in [-0.25, -0.2) is 17.5 Å². The van der Waals surface area contributed by atoms with Crippen molar-refractivity contribution in [3.05, 3.63) is 142 Å². The highest BCUT2D eigenvalue weighted by atomic mass is 35.5. The molecule has 0 aliphatic carbocycles. The number of rotatable bonds is 7. The lowest BCUT2D eigenvalue weighted by atomic mass is 9.87. The summed E-state index contributed by atoms with van der Waals surface area (Å²) in [5.74, 6) is -0.736. The van der Waals surface area contributed by atoms with E-state index in [0.29, 0.717) is 18.7 Å². The maximum absolute atomic E-state index is 14.3. The Kier molecular flexibility index (Phi) is 8.67. The molecular formula is C35H31Cl2FN4O3S. The molecule has 6 rings (SSSR count). The summed E-state index contributed by atoms with van der Waals surface area (Å²) in [6.07, 6.45) is 2.33. The quantitative estimate of drug-likeness (QED) is 0.175. The number of sulfonamides is 1. The van der Waals surface area contributed by atoms with Gasteiger partial charge in [0.15, 0.2) is 0 Å². The van der Waals surface area contributed by atoms with Crippen LogP contribution in [-0.4, -0.2) is 35.6 Å². The Hall–Kier alpha value is -4.18. The van der Waals surface area contributed by atoms with Crippen molar-refractivity contribution >= 4 is 44.8 Å². The van der Waals surface area contributed by atoms with Gasteiger partial charge in [-0.3, -0.25) is 9.10 Å². The van der Waals surface area contributed by atoms with E-state index in [-0.39, 0.29) is 44.8 Å². The summed E-state index contributed by atoms with van der Waals surface area (Å²) >= 11 is 13.1. The van der Waals surface area contributed by atoms with Crippen molar-refractivity contribution in [3.63, 3.8) is 0 Å². The maximum atomic E-state index is 14.3. The van der Waals surface area contributed by atoms with E-state index < -0.39 is 15.9 Å². The lowest BCUT2D eigenvalue weighted by Gasteiger charge is -2.30. The number of anilines is 1. The number of halogens is 3. The monoisotopic (exact) mass is 676 g/mol. The molecule has 0 N–H and O–H groups in total. The number of amides is 1. The topological polar surface area (TPSA) is 75.5 Å². The molecule has 11 heteroatoms. The molecule has 7 nitrogen and oxygen atoms in total. The van der Waals surface area contributed by atoms with Crippen LogP contribution < -0.4 is 4.31 Å². The Morgan fingerprint density at radius 2 is 1.63 bits per heavy atom. The molecule has 5 aromatic rings. The summed E-state index contributed by atoms with van der Waals surface area (Å²) in [5.41, 5.74) is 3.27. The zero-order chi connectivity index (χ0) is 32.6. The lowest BCUT2D eigenvalue weighted by molar-refractivity contribution is 0.0680. The van der Waals surface area contributed by atoms with E-state index in [4.69, 9.17) is 23.2 Å². The van der Waals surface area contributed by atoms with Crippen molar-refractivity contribution in [1.29, 1.82) is 0 Å². The number of para-hydroxylation sites is 1. The fourth-order valence-corrected chi connectivity index (χ4v) is 7.78. The minimum Gasteiger partial charge on any atom is -0.334 e. The third-order valence-electron chi connectivity index (χ3n) is 7.99. The van der Waals surface area contributed by atoms with Gasteiger partial charge in [-0.05, 0) is 72.0 Å². The summed E-state index contributed by atoms with van der Waals surface area (Å²) in [6, 6.07) is 26.2. The van der Waals surface area contributed by atoms with Crippen LogP contribution >= 0.6 is 23.2 Å². The Morgan fingerprint density at radius 3 is 2.35 bits per heavy atom. The highest BCUT2D eigenvalue weighted by Crippen LogP contribution is 2.35. The van der Waals surface area contributed by atoms with Gasteiger partial charge in [-0.15, -0.1) is 0 Å². The van der Waals surface area contributed by atoms with E-state index in [0.717, 1.165) is 22.5 Å². The second kappa shape index (κ2) is 12.5. The molecule has 0 saturated carbocycles. The average Bonchev–Trinajstić information content (AvgIpc) is 3.34. The number of fused-ring (bicyclic) bond motifs is 1. The maximum Gasteiger partial charge on any atom is 0.264 e. The molecule has 1 amide bonds. The largest absolute Gasteiger partial charge is 0.334 e. The molecule has 2 heterocycles. The fourth-order valence-electron chi connectivity index (χ4n) is 5.79. The number of hydrogen-bond acceptors (Lipinski definition) is 4. The summed E-state index contributed by atoms with van der Waals surface area (Å²) < 4.78 is 45.2. The van der Waals surface area contributed by atoms with Crippen LogP contribution in [0.1, 0.15) is 41.0 Å². The molecule has 1 aliphatic heterocycles. The normalized spacial score (nSPS) is 14.4. The molecule has 0 spiro atoms. The number of hydrogen-bond donors (Lipinski definition) is 0. The molecule has 0 radical (unpaired) electrons. The molecule has 46 heavy (non-hydrogen) atoms. The van der Waals surface area contributed by atoms with Gasteiger partial charge in [0, 0.05) is 24.3 Å². The van der Waals surface area contributed by atoms with Gasteiger partial charge in [-0.1, -0.05) is 79.5 Å². The smallest absolute Gasteiger partial charge is 0.264 e. The Bertz CT molecular complexity index is 2020. The standard InChI is InChI=1S/C35H31Cl2FN4O3S/c1-35(2)19-33-25(20-39-42(33)27-14-12-26(38)13-15-27)22-40(23-35)34(43)29-18-28(16-17-30(29)36)46(44,45)41(21-24-8-4-3-5-9-24)32-11-7-6-10-31(32)37/h3-18,20H,19,21-23H2,1-2H3. The van der Waals surface area contributed by atoms with Crippen LogP contribution in [0.2, 0.25) is 10.0 Å². The molecule has 0 bridgehead atoms. The third kappa shape index (κ3) is 6.40. The van der Waals surface area contributed by atoms with Gasteiger partial charge < -0.3 is 4.90 Å². The Labute approximate surface area is 277 Å². The SMILES string of the molecule is CC1(C)Cc2c(cnn2-c2ccc(F)cc2)CN(C(=O)c2cc(S(=O)(=O)N(Cc3ccccc3)c3ccccc3Cl)ccc2Cl)C1. The molecule has 4 aromatic carbocycles. The molecular weight excluding hydrogens is 646 g/mol. The van der Waals surface area contributed by atoms with Gasteiger partial charge in [0.05, 0.1) is 44.6 Å². The van der Waals surface area contributed by atoms with Crippen LogP contribution in [0.25, 0.3) is 5.69 Å². The number of benzene rings is 4. The van der Waals surface area contributed by atoms with Crippen LogP contribution in [0.15, 0.2) is 108 Å². The van der Waals surface area contributed by atoms with E-state index in [1.54, 1.807) is 52.2 Å². The summed E-state index contributed by atoms with van der Waals surface area (Å²) in [6.45, 7) is 4.76. The molecule has 236 valence electrons. The second-order valence-electron chi connectivity index (χ2n) is 12.1. The van der Waals surface area contributed by atoms with Crippen LogP contribution in [0.4, 0.5) is 10.1 Å². The van der Waals surface area contributed by atoms with Gasteiger partial charge in [0.1, 0.15) is 5.82 Å². The van der Waals surface area contributed by atoms with Crippen molar-refractivity contribution in [2.45, 2.75) is 38.3 Å². The van der Waals surface area contributed by atoms with E-state index in [1.165, 1.54) is 34.6 Å². The number of carbonyl (C=O) groups excluding carboxylic acids is 1. The molecule has 0 atom stereocenters. The van der Waals surface area contributed by atoms with Crippen LogP contribution in [-0.2, 0) is 29.5 Å². The highest BCUT2D eigenvalue weighted by Gasteiger charge is 2.35. The summed E-state index contributed by atoms with van der Waals surface area (Å²) in [4.78, 5) is 15.8. The first-order valence-electron chi connectivity index (χ1n) is 14.6. The van der Waals surface area contributed by atoms with E-state index in [1.807, 2.05) is 30.3 Å². The molecule has 0 saturated heterocycles. The minimum atomic E-state index is -4.21. The van der Waals surface area contributed by atoms with Gasteiger partial charge in [0.25, 0.3) is 15.9 Å². The van der Waals surface area contributed by atoms with Crippen molar-refractivity contribution < 1.29 is 17.6 Å². The number of carbonyl (C=O) groups is 1. The number of nitrogens with zero attached hydrogens (tertiary/aromatic N) is 4. The van der Waals surface area contributed by atoms with Crippen LogP contribution in [0, 0.1) is 11.2 Å². The first-order valence-corrected chi connectivity index (χ1v) is 16.8. The van der Waals surface area contributed by atoms with Gasteiger partial charge >= 0.3 is 0 Å². The van der Waals surface area contributed by atoms with Crippen molar-refractivity contribution in [2.24, 2.45) is 5.41 Å². The van der Waals surface area contributed by atoms with E-state index >= 15 is 0 Å². The van der Waals surface area contributed by atoms with Crippen molar-refractivity contribution in [3.8, 4) is 5.69 Å². The third-order valence-corrected chi connectivity index (χ3v) is 10.4. The Balaban J connectivity index is 1.36. The van der Waals surface area contributed by atoms with Crippen LogP contribution in [0.3, 0.4) is 0 Å². The number of aromatic nitrogens is 2. The molecule has 0 fully saturated rings. The second-order valence-corrected chi connectivity index (χ2v) is 14.8. The molecule has 1 aromatic heterocycles. The predicted molar refractivity (Wildman–Crippen MR) is 178 cm³/mol. The predicted octanol–water partition coefficient (Wildman–Crippen LogP) is 7.94.